The van der Waals surface area contributed by atoms with Gasteiger partial charge in [-0.25, -0.2) is 0 Å². The van der Waals surface area contributed by atoms with Gasteiger partial charge in [-0.2, -0.15) is 0 Å². The fourth-order valence-electron chi connectivity index (χ4n) is 2.91. The molecule has 0 aromatic heterocycles. The first-order chi connectivity index (χ1) is 14.7. The summed E-state index contributed by atoms with van der Waals surface area (Å²) in [4.78, 5) is 10.3. The van der Waals surface area contributed by atoms with Crippen molar-refractivity contribution in [1.82, 2.24) is 5.32 Å². The summed E-state index contributed by atoms with van der Waals surface area (Å²) >= 11 is 0. The second-order valence-electron chi connectivity index (χ2n) is 6.67. The van der Waals surface area contributed by atoms with Gasteiger partial charge in [0, 0.05) is 37.5 Å². The number of methoxy groups -OCH3 is 1. The van der Waals surface area contributed by atoms with Gasteiger partial charge in [0.2, 0.25) is 0 Å². The van der Waals surface area contributed by atoms with Gasteiger partial charge in [-0.3, -0.25) is 10.1 Å². The van der Waals surface area contributed by atoms with Crippen molar-refractivity contribution in [3.63, 3.8) is 0 Å². The summed E-state index contributed by atoms with van der Waals surface area (Å²) in [6, 6.07) is 22.3. The van der Waals surface area contributed by atoms with Crippen LogP contribution in [0.25, 0.3) is 0 Å². The Morgan fingerprint density at radius 1 is 0.900 bits per heavy atom. The lowest BCUT2D eigenvalue weighted by Crippen LogP contribution is -2.21. The second-order valence-corrected chi connectivity index (χ2v) is 6.67. The van der Waals surface area contributed by atoms with E-state index in [1.807, 2.05) is 48.5 Å². The van der Waals surface area contributed by atoms with Crippen molar-refractivity contribution in [2.24, 2.45) is 0 Å². The summed E-state index contributed by atoms with van der Waals surface area (Å²) < 4.78 is 11.4. The number of nitro groups is 1. The number of nitrogens with one attached hydrogen (secondary N) is 2. The minimum Gasteiger partial charge on any atom is -0.493 e. The van der Waals surface area contributed by atoms with Crippen molar-refractivity contribution in [3.05, 3.63) is 94.0 Å². The standard InChI is InChI=1S/C23H25N3O4/c1-29-23-15-19(7-12-22(23)30-17-18-5-3-2-4-6-18)16-24-13-14-25-20-8-10-21(11-9-20)26(27)28/h2-12,15,24-25H,13-14,16-17H2,1H3. The SMILES string of the molecule is COc1cc(CNCCNc2ccc([N+](=O)[O-])cc2)ccc1OCc1ccccc1. The molecule has 0 spiro atoms. The molecule has 3 aromatic rings. The molecule has 3 aromatic carbocycles. The largest absolute Gasteiger partial charge is 0.493 e. The minimum atomic E-state index is -0.405. The van der Waals surface area contributed by atoms with Crippen LogP contribution in [0.1, 0.15) is 11.1 Å². The lowest BCUT2D eigenvalue weighted by molar-refractivity contribution is -0.384. The number of hydrogen-bond acceptors (Lipinski definition) is 6. The molecule has 0 amide bonds. The van der Waals surface area contributed by atoms with Gasteiger partial charge in [-0.15, -0.1) is 0 Å². The van der Waals surface area contributed by atoms with Crippen LogP contribution in [0, 0.1) is 10.1 Å². The molecule has 3 rings (SSSR count). The number of ether oxygens (including phenoxy) is 2. The van der Waals surface area contributed by atoms with Crippen LogP contribution in [0.15, 0.2) is 72.8 Å². The van der Waals surface area contributed by atoms with E-state index >= 15 is 0 Å². The van der Waals surface area contributed by atoms with Crippen LogP contribution in [0.2, 0.25) is 0 Å². The maximum absolute atomic E-state index is 10.7. The summed E-state index contributed by atoms with van der Waals surface area (Å²) in [7, 11) is 1.63. The molecule has 0 aliphatic heterocycles. The van der Waals surface area contributed by atoms with E-state index in [1.165, 1.54) is 12.1 Å². The Morgan fingerprint density at radius 2 is 1.67 bits per heavy atom. The molecule has 0 unspecified atom stereocenters. The number of rotatable bonds is 11. The van der Waals surface area contributed by atoms with E-state index in [-0.39, 0.29) is 5.69 Å². The summed E-state index contributed by atoms with van der Waals surface area (Å²) in [6.07, 6.45) is 0. The van der Waals surface area contributed by atoms with Gasteiger partial charge in [-0.05, 0) is 35.4 Å². The Hall–Kier alpha value is -3.58. The topological polar surface area (TPSA) is 85.7 Å². The predicted molar refractivity (Wildman–Crippen MR) is 117 cm³/mol. The van der Waals surface area contributed by atoms with Crippen molar-refractivity contribution in [1.29, 1.82) is 0 Å². The lowest BCUT2D eigenvalue weighted by atomic mass is 10.2. The molecule has 30 heavy (non-hydrogen) atoms. The highest BCUT2D eigenvalue weighted by Crippen LogP contribution is 2.28. The van der Waals surface area contributed by atoms with Gasteiger partial charge in [0.1, 0.15) is 6.61 Å². The number of nitrogens with zero attached hydrogens (tertiary/aromatic N) is 1. The predicted octanol–water partition coefficient (Wildman–Crippen LogP) is 4.38. The van der Waals surface area contributed by atoms with E-state index in [9.17, 15) is 10.1 Å². The molecule has 0 atom stereocenters. The zero-order valence-corrected chi connectivity index (χ0v) is 16.8. The Balaban J connectivity index is 1.43. The van der Waals surface area contributed by atoms with Crippen molar-refractivity contribution in [2.75, 3.05) is 25.5 Å². The Bertz CT molecular complexity index is 946. The normalized spacial score (nSPS) is 10.4. The molecule has 156 valence electrons. The second kappa shape index (κ2) is 10.8. The number of benzene rings is 3. The van der Waals surface area contributed by atoms with Gasteiger partial charge >= 0.3 is 0 Å². The van der Waals surface area contributed by atoms with E-state index in [1.54, 1.807) is 19.2 Å². The van der Waals surface area contributed by atoms with Crippen LogP contribution in [0.4, 0.5) is 11.4 Å². The Kier molecular flexibility index (Phi) is 7.63. The zero-order chi connectivity index (χ0) is 21.2. The number of anilines is 1. The molecule has 7 heteroatoms. The molecule has 0 aliphatic rings. The average Bonchev–Trinajstić information content (AvgIpc) is 2.78. The van der Waals surface area contributed by atoms with Gasteiger partial charge in [-0.1, -0.05) is 36.4 Å². The molecule has 0 saturated carbocycles. The van der Waals surface area contributed by atoms with Crippen molar-refractivity contribution < 1.29 is 14.4 Å². The minimum absolute atomic E-state index is 0.0869. The van der Waals surface area contributed by atoms with Crippen molar-refractivity contribution >= 4 is 11.4 Å². The first-order valence-electron chi connectivity index (χ1n) is 9.68. The Labute approximate surface area is 175 Å². The number of non-ortho nitro benzene ring substituents is 1. The first-order valence-corrected chi connectivity index (χ1v) is 9.68. The van der Waals surface area contributed by atoms with Crippen molar-refractivity contribution in [3.8, 4) is 11.5 Å². The molecule has 2 N–H and O–H groups in total. The first kappa shape index (κ1) is 21.1. The van der Waals surface area contributed by atoms with Crippen LogP contribution in [0.3, 0.4) is 0 Å². The Morgan fingerprint density at radius 3 is 2.37 bits per heavy atom. The highest BCUT2D eigenvalue weighted by atomic mass is 16.6. The van der Waals surface area contributed by atoms with E-state index in [4.69, 9.17) is 9.47 Å². The van der Waals surface area contributed by atoms with E-state index in [2.05, 4.69) is 10.6 Å². The van der Waals surface area contributed by atoms with Gasteiger partial charge in [0.25, 0.3) is 5.69 Å². The van der Waals surface area contributed by atoms with Crippen molar-refractivity contribution in [2.45, 2.75) is 13.2 Å². The monoisotopic (exact) mass is 407 g/mol. The van der Waals surface area contributed by atoms with Gasteiger partial charge in [0.05, 0.1) is 12.0 Å². The highest BCUT2D eigenvalue weighted by Gasteiger charge is 2.07. The smallest absolute Gasteiger partial charge is 0.269 e. The van der Waals surface area contributed by atoms with Crippen LogP contribution in [-0.2, 0) is 13.2 Å². The third kappa shape index (κ3) is 6.22. The van der Waals surface area contributed by atoms with E-state index in [0.717, 1.165) is 23.4 Å². The maximum atomic E-state index is 10.7. The quantitative estimate of drug-likeness (QED) is 0.279. The fraction of sp³-hybridized carbons (Fsp3) is 0.217. The van der Waals surface area contributed by atoms with Gasteiger partial charge in [0.15, 0.2) is 11.5 Å². The van der Waals surface area contributed by atoms with Crippen LogP contribution in [-0.4, -0.2) is 25.1 Å². The fourth-order valence-corrected chi connectivity index (χ4v) is 2.91. The van der Waals surface area contributed by atoms with E-state index in [0.29, 0.717) is 31.2 Å². The molecule has 0 fully saturated rings. The molecule has 0 aliphatic carbocycles. The van der Waals surface area contributed by atoms with Crippen LogP contribution in [0.5, 0.6) is 11.5 Å². The van der Waals surface area contributed by atoms with Crippen LogP contribution < -0.4 is 20.1 Å². The summed E-state index contributed by atoms with van der Waals surface area (Å²) in [6.45, 7) is 2.62. The third-order valence-corrected chi connectivity index (χ3v) is 4.50. The molecule has 0 heterocycles. The molecular weight excluding hydrogens is 382 g/mol. The molecular formula is C23H25N3O4. The van der Waals surface area contributed by atoms with Gasteiger partial charge < -0.3 is 20.1 Å². The maximum Gasteiger partial charge on any atom is 0.269 e. The molecule has 0 saturated heterocycles. The number of nitro benzene ring substituents is 1. The molecule has 0 bridgehead atoms. The third-order valence-electron chi connectivity index (χ3n) is 4.50. The molecule has 0 radical (unpaired) electrons. The number of hydrogen-bond donors (Lipinski definition) is 2. The zero-order valence-electron chi connectivity index (χ0n) is 16.8. The summed E-state index contributed by atoms with van der Waals surface area (Å²) in [5, 5.41) is 17.3. The summed E-state index contributed by atoms with van der Waals surface area (Å²) in [5.41, 5.74) is 3.13. The van der Waals surface area contributed by atoms with Crippen LogP contribution >= 0.6 is 0 Å². The van der Waals surface area contributed by atoms with E-state index < -0.39 is 4.92 Å². The molecule has 7 nitrogen and oxygen atoms in total. The summed E-state index contributed by atoms with van der Waals surface area (Å²) in [5.74, 6) is 1.42. The highest BCUT2D eigenvalue weighted by molar-refractivity contribution is 5.48. The average molecular weight is 407 g/mol. The lowest BCUT2D eigenvalue weighted by Gasteiger charge is -2.13.